The van der Waals surface area contributed by atoms with Crippen molar-refractivity contribution in [1.82, 2.24) is 0 Å². The van der Waals surface area contributed by atoms with Crippen molar-refractivity contribution in [3.8, 4) is 5.75 Å². The lowest BCUT2D eigenvalue weighted by Gasteiger charge is -2.11. The van der Waals surface area contributed by atoms with Crippen LogP contribution in [0.15, 0.2) is 18.2 Å². The van der Waals surface area contributed by atoms with Crippen LogP contribution in [0.25, 0.3) is 0 Å². The van der Waals surface area contributed by atoms with Gasteiger partial charge in [-0.15, -0.1) is 0 Å². The molecule has 0 heterocycles. The molecule has 0 aliphatic heterocycles. The third kappa shape index (κ3) is 3.10. The van der Waals surface area contributed by atoms with E-state index in [-0.39, 0.29) is 23.2 Å². The van der Waals surface area contributed by atoms with Crippen molar-refractivity contribution in [2.75, 3.05) is 11.0 Å². The Morgan fingerprint density at radius 3 is 2.61 bits per heavy atom. The second-order valence-corrected chi connectivity index (χ2v) is 5.85. The average molecular weight is 272 g/mol. The molecule has 18 heavy (non-hydrogen) atoms. The van der Waals surface area contributed by atoms with Crippen LogP contribution >= 0.6 is 0 Å². The van der Waals surface area contributed by atoms with E-state index in [0.717, 1.165) is 19.1 Å². The number of sulfonamides is 1. The maximum Gasteiger partial charge on any atom is 0.313 e. The molecule has 0 aromatic heterocycles. The highest BCUT2D eigenvalue weighted by molar-refractivity contribution is 7.92. The van der Waals surface area contributed by atoms with Crippen molar-refractivity contribution in [3.63, 3.8) is 0 Å². The highest BCUT2D eigenvalue weighted by Gasteiger charge is 2.29. The van der Waals surface area contributed by atoms with E-state index in [1.54, 1.807) is 0 Å². The van der Waals surface area contributed by atoms with E-state index in [1.807, 2.05) is 0 Å². The Morgan fingerprint density at radius 1 is 1.44 bits per heavy atom. The van der Waals surface area contributed by atoms with Crippen molar-refractivity contribution in [2.24, 2.45) is 0 Å². The summed E-state index contributed by atoms with van der Waals surface area (Å²) >= 11 is 0. The fraction of sp³-hybridized carbons (Fsp3) is 0.400. The summed E-state index contributed by atoms with van der Waals surface area (Å²) in [7, 11) is -3.51. The summed E-state index contributed by atoms with van der Waals surface area (Å²) in [6.45, 7) is 0. The van der Waals surface area contributed by atoms with E-state index in [0.29, 0.717) is 0 Å². The molecule has 0 unspecified atom stereocenters. The lowest BCUT2D eigenvalue weighted by atomic mass is 10.2. The number of rotatable bonds is 5. The number of hydrogen-bond acceptors (Lipinski definition) is 5. The van der Waals surface area contributed by atoms with Gasteiger partial charge < -0.3 is 4.74 Å². The van der Waals surface area contributed by atoms with Gasteiger partial charge in [-0.1, -0.05) is 6.07 Å². The topological polar surface area (TPSA) is 98.5 Å². The van der Waals surface area contributed by atoms with Crippen LogP contribution in [-0.2, 0) is 10.0 Å². The Morgan fingerprint density at radius 2 is 2.11 bits per heavy atom. The van der Waals surface area contributed by atoms with Gasteiger partial charge in [-0.3, -0.25) is 14.8 Å². The van der Waals surface area contributed by atoms with E-state index in [2.05, 4.69) is 4.72 Å². The quantitative estimate of drug-likeness (QED) is 0.647. The first-order valence-electron chi connectivity index (χ1n) is 5.28. The molecule has 0 bridgehead atoms. The maximum absolute atomic E-state index is 11.2. The molecule has 0 spiro atoms. The fourth-order valence-electron chi connectivity index (χ4n) is 1.43. The number of ether oxygens (including phenoxy) is 1. The molecular weight excluding hydrogens is 260 g/mol. The van der Waals surface area contributed by atoms with E-state index < -0.39 is 14.9 Å². The van der Waals surface area contributed by atoms with Crippen LogP contribution in [-0.4, -0.2) is 25.7 Å². The molecule has 0 radical (unpaired) electrons. The van der Waals surface area contributed by atoms with Crippen molar-refractivity contribution in [1.29, 1.82) is 0 Å². The molecule has 1 N–H and O–H groups in total. The summed E-state index contributed by atoms with van der Waals surface area (Å²) in [5, 5.41) is 10.9. The van der Waals surface area contributed by atoms with Gasteiger partial charge in [0, 0.05) is 6.07 Å². The summed E-state index contributed by atoms with van der Waals surface area (Å²) in [6.07, 6.45) is 2.56. The van der Waals surface area contributed by atoms with E-state index >= 15 is 0 Å². The number of para-hydroxylation sites is 1. The second kappa shape index (κ2) is 4.45. The zero-order valence-electron chi connectivity index (χ0n) is 9.62. The predicted molar refractivity (Wildman–Crippen MR) is 65.2 cm³/mol. The van der Waals surface area contributed by atoms with Crippen LogP contribution in [0.1, 0.15) is 12.8 Å². The summed E-state index contributed by atoms with van der Waals surface area (Å²) < 4.78 is 30.0. The zero-order chi connectivity index (χ0) is 13.3. The molecule has 0 amide bonds. The predicted octanol–water partition coefficient (Wildman–Crippen LogP) is 1.51. The number of nitrogens with zero attached hydrogens (tertiary/aromatic N) is 1. The molecule has 1 aliphatic rings. The summed E-state index contributed by atoms with van der Waals surface area (Å²) in [6, 6.07) is 4.13. The standard InChI is InChI=1S/C10H12N2O5S/c1-18(15,16)11-8-3-2-4-9(12(13)14)10(8)17-7-5-6-7/h2-4,7,11H,5-6H2,1H3. The Labute approximate surface area is 104 Å². The number of nitrogens with one attached hydrogen (secondary N) is 1. The van der Waals surface area contributed by atoms with Crippen LogP contribution in [0.2, 0.25) is 0 Å². The lowest BCUT2D eigenvalue weighted by Crippen LogP contribution is -2.12. The normalized spacial score (nSPS) is 15.2. The summed E-state index contributed by atoms with van der Waals surface area (Å²) in [4.78, 5) is 10.3. The minimum absolute atomic E-state index is 0.0181. The zero-order valence-corrected chi connectivity index (χ0v) is 10.4. The van der Waals surface area contributed by atoms with Crippen LogP contribution < -0.4 is 9.46 Å². The number of nitro groups is 1. The molecule has 7 nitrogen and oxygen atoms in total. The van der Waals surface area contributed by atoms with Gasteiger partial charge in [0.25, 0.3) is 0 Å². The van der Waals surface area contributed by atoms with Gasteiger partial charge in [-0.2, -0.15) is 0 Å². The Kier molecular flexibility index (Phi) is 3.12. The van der Waals surface area contributed by atoms with E-state index in [1.165, 1.54) is 18.2 Å². The van der Waals surface area contributed by atoms with Crippen LogP contribution in [0.4, 0.5) is 11.4 Å². The summed E-state index contributed by atoms with van der Waals surface area (Å²) in [5.74, 6) is -0.0181. The third-order valence-electron chi connectivity index (χ3n) is 2.30. The van der Waals surface area contributed by atoms with Crippen molar-refractivity contribution in [3.05, 3.63) is 28.3 Å². The summed E-state index contributed by atoms with van der Waals surface area (Å²) in [5.41, 5.74) is -0.144. The van der Waals surface area contributed by atoms with Crippen LogP contribution in [0.5, 0.6) is 5.75 Å². The minimum atomic E-state index is -3.51. The Balaban J connectivity index is 2.42. The molecule has 1 fully saturated rings. The smallest absolute Gasteiger partial charge is 0.313 e. The van der Waals surface area contributed by atoms with Crippen molar-refractivity contribution >= 4 is 21.4 Å². The van der Waals surface area contributed by atoms with Gasteiger partial charge in [0.15, 0.2) is 0 Å². The molecule has 0 atom stereocenters. The molecule has 1 aromatic rings. The van der Waals surface area contributed by atoms with Gasteiger partial charge in [0.05, 0.1) is 23.0 Å². The Hall–Kier alpha value is -1.83. The number of anilines is 1. The van der Waals surface area contributed by atoms with Gasteiger partial charge in [0.2, 0.25) is 15.8 Å². The maximum atomic E-state index is 11.2. The highest BCUT2D eigenvalue weighted by Crippen LogP contribution is 2.39. The van der Waals surface area contributed by atoms with Gasteiger partial charge in [-0.25, -0.2) is 8.42 Å². The molecule has 8 heteroatoms. The molecule has 0 saturated heterocycles. The molecule has 1 aromatic carbocycles. The van der Waals surface area contributed by atoms with E-state index in [9.17, 15) is 18.5 Å². The van der Waals surface area contributed by atoms with Crippen molar-refractivity contribution < 1.29 is 18.1 Å². The first-order chi connectivity index (χ1) is 8.37. The fourth-order valence-corrected chi connectivity index (χ4v) is 1.99. The Bertz CT molecular complexity index is 580. The molecular formula is C10H12N2O5S. The van der Waals surface area contributed by atoms with Gasteiger partial charge >= 0.3 is 5.69 Å². The monoisotopic (exact) mass is 272 g/mol. The molecule has 98 valence electrons. The molecule has 2 rings (SSSR count). The molecule has 1 saturated carbocycles. The second-order valence-electron chi connectivity index (χ2n) is 4.10. The third-order valence-corrected chi connectivity index (χ3v) is 2.89. The SMILES string of the molecule is CS(=O)(=O)Nc1cccc([N+](=O)[O-])c1OC1CC1. The number of hydrogen-bond donors (Lipinski definition) is 1. The van der Waals surface area contributed by atoms with E-state index in [4.69, 9.17) is 4.74 Å². The lowest BCUT2D eigenvalue weighted by molar-refractivity contribution is -0.385. The first-order valence-corrected chi connectivity index (χ1v) is 7.18. The molecule has 1 aliphatic carbocycles. The van der Waals surface area contributed by atoms with Gasteiger partial charge in [-0.05, 0) is 18.9 Å². The van der Waals surface area contributed by atoms with Crippen LogP contribution in [0.3, 0.4) is 0 Å². The number of nitro benzene ring substituents is 1. The minimum Gasteiger partial charge on any atom is -0.482 e. The van der Waals surface area contributed by atoms with Crippen molar-refractivity contribution in [2.45, 2.75) is 18.9 Å². The van der Waals surface area contributed by atoms with Gasteiger partial charge in [0.1, 0.15) is 0 Å². The largest absolute Gasteiger partial charge is 0.482 e. The van der Waals surface area contributed by atoms with Crippen LogP contribution in [0, 0.1) is 10.1 Å². The average Bonchev–Trinajstić information content (AvgIpc) is 3.01. The number of benzene rings is 1. The highest BCUT2D eigenvalue weighted by atomic mass is 32.2. The first kappa shape index (κ1) is 12.6.